The molecule has 8 nitrogen and oxygen atoms in total. The molecule has 1 amide bonds. The number of hydrogen-bond donors (Lipinski definition) is 1. The van der Waals surface area contributed by atoms with Crippen LogP contribution in [0.5, 0.6) is 5.75 Å². The summed E-state index contributed by atoms with van der Waals surface area (Å²) in [5.41, 5.74) is 0.510. The second-order valence-corrected chi connectivity index (χ2v) is 4.81. The van der Waals surface area contributed by atoms with E-state index >= 15 is 0 Å². The van der Waals surface area contributed by atoms with Gasteiger partial charge in [0.05, 0.1) is 12.8 Å². The molecule has 0 aliphatic carbocycles. The molecule has 126 valence electrons. The third kappa shape index (κ3) is 4.94. The number of benzene rings is 1. The van der Waals surface area contributed by atoms with Gasteiger partial charge in [-0.1, -0.05) is 12.1 Å². The molecule has 0 unspecified atom stereocenters. The maximum absolute atomic E-state index is 11.9. The molecule has 2 rings (SSSR count). The molecule has 1 heterocycles. The lowest BCUT2D eigenvalue weighted by molar-refractivity contribution is -0.145. The van der Waals surface area contributed by atoms with E-state index in [1.165, 1.54) is 12.0 Å². The number of ether oxygens (including phenoxy) is 2. The van der Waals surface area contributed by atoms with Crippen LogP contribution in [0, 0.1) is 0 Å². The zero-order chi connectivity index (χ0) is 17.4. The quantitative estimate of drug-likeness (QED) is 0.760. The minimum absolute atomic E-state index is 0.0635. The van der Waals surface area contributed by atoms with Gasteiger partial charge in [-0.25, -0.2) is 9.97 Å². The Balaban J connectivity index is 1.80. The van der Waals surface area contributed by atoms with Gasteiger partial charge in [-0.2, -0.15) is 0 Å². The molecule has 0 radical (unpaired) electrons. The molecule has 0 fully saturated rings. The molecule has 1 aromatic heterocycles. The number of nitrogens with zero attached hydrogens (tertiary/aromatic N) is 3. The molecular formula is C16H18N4O4. The molecule has 0 atom stereocenters. The summed E-state index contributed by atoms with van der Waals surface area (Å²) in [6.45, 7) is -0.452. The monoisotopic (exact) mass is 330 g/mol. The topological polar surface area (TPSA) is 93.6 Å². The smallest absolute Gasteiger partial charge is 0.326 e. The standard InChI is InChI=1S/C16H18N4O4/c1-20(16-17-8-5-9-18-16)10-15(22)24-11-14(21)19-12-6-3-4-7-13(12)23-2/h3-9H,10-11H2,1-2H3,(H,19,21). The minimum atomic E-state index is -0.555. The Morgan fingerprint density at radius 3 is 2.58 bits per heavy atom. The van der Waals surface area contributed by atoms with Gasteiger partial charge in [0, 0.05) is 19.4 Å². The Hall–Kier alpha value is -3.16. The number of amides is 1. The van der Waals surface area contributed by atoms with Crippen molar-refractivity contribution in [2.45, 2.75) is 0 Å². The highest BCUT2D eigenvalue weighted by Crippen LogP contribution is 2.22. The van der Waals surface area contributed by atoms with Gasteiger partial charge in [0.15, 0.2) is 6.61 Å². The first-order valence-corrected chi connectivity index (χ1v) is 7.17. The first-order valence-electron chi connectivity index (χ1n) is 7.17. The molecule has 0 aliphatic rings. The third-order valence-corrected chi connectivity index (χ3v) is 3.01. The Morgan fingerprint density at radius 1 is 1.17 bits per heavy atom. The van der Waals surface area contributed by atoms with Crippen LogP contribution < -0.4 is 15.0 Å². The van der Waals surface area contributed by atoms with E-state index in [1.807, 2.05) is 0 Å². The van der Waals surface area contributed by atoms with E-state index in [9.17, 15) is 9.59 Å². The molecule has 0 bridgehead atoms. The van der Waals surface area contributed by atoms with E-state index in [1.54, 1.807) is 49.8 Å². The summed E-state index contributed by atoms with van der Waals surface area (Å²) in [5, 5.41) is 2.62. The van der Waals surface area contributed by atoms with Crippen molar-refractivity contribution in [1.82, 2.24) is 9.97 Å². The molecule has 1 aromatic carbocycles. The summed E-state index contributed by atoms with van der Waals surface area (Å²) in [5.74, 6) is -0.0855. The molecule has 24 heavy (non-hydrogen) atoms. The molecule has 1 N–H and O–H groups in total. The second kappa shape index (κ2) is 8.47. The van der Waals surface area contributed by atoms with E-state index in [0.717, 1.165) is 0 Å². The second-order valence-electron chi connectivity index (χ2n) is 4.81. The van der Waals surface area contributed by atoms with Crippen LogP contribution in [0.25, 0.3) is 0 Å². The molecule has 0 aliphatic heterocycles. The van der Waals surface area contributed by atoms with E-state index in [2.05, 4.69) is 15.3 Å². The van der Waals surface area contributed by atoms with Gasteiger partial charge in [-0.05, 0) is 18.2 Å². The van der Waals surface area contributed by atoms with E-state index in [0.29, 0.717) is 17.4 Å². The molecule has 0 saturated carbocycles. The average Bonchev–Trinajstić information content (AvgIpc) is 2.61. The van der Waals surface area contributed by atoms with Crippen molar-refractivity contribution < 1.29 is 19.1 Å². The minimum Gasteiger partial charge on any atom is -0.495 e. The van der Waals surface area contributed by atoms with Crippen molar-refractivity contribution in [3.05, 3.63) is 42.7 Å². The number of anilines is 2. The van der Waals surface area contributed by atoms with Crippen molar-refractivity contribution in [2.24, 2.45) is 0 Å². The van der Waals surface area contributed by atoms with Crippen LogP contribution in [0.2, 0.25) is 0 Å². The van der Waals surface area contributed by atoms with Crippen LogP contribution in [0.4, 0.5) is 11.6 Å². The largest absolute Gasteiger partial charge is 0.495 e. The number of nitrogens with one attached hydrogen (secondary N) is 1. The Labute approximate surface area is 139 Å². The summed E-state index contributed by atoms with van der Waals surface area (Å²) < 4.78 is 10.1. The summed E-state index contributed by atoms with van der Waals surface area (Å²) >= 11 is 0. The van der Waals surface area contributed by atoms with Crippen LogP contribution in [-0.4, -0.2) is 49.2 Å². The Bertz CT molecular complexity index is 693. The van der Waals surface area contributed by atoms with E-state index < -0.39 is 11.9 Å². The van der Waals surface area contributed by atoms with Crippen LogP contribution in [-0.2, 0) is 14.3 Å². The van der Waals surface area contributed by atoms with Crippen molar-refractivity contribution in [1.29, 1.82) is 0 Å². The summed E-state index contributed by atoms with van der Waals surface area (Å²) in [7, 11) is 3.16. The Kier molecular flexibility index (Phi) is 6.07. The lowest BCUT2D eigenvalue weighted by Gasteiger charge is -2.15. The first kappa shape index (κ1) is 17.2. The fourth-order valence-electron chi connectivity index (χ4n) is 1.88. The van der Waals surface area contributed by atoms with Gasteiger partial charge in [0.25, 0.3) is 5.91 Å². The number of methoxy groups -OCH3 is 1. The van der Waals surface area contributed by atoms with Gasteiger partial charge in [-0.15, -0.1) is 0 Å². The highest BCUT2D eigenvalue weighted by Gasteiger charge is 2.13. The number of esters is 1. The maximum Gasteiger partial charge on any atom is 0.326 e. The number of hydrogen-bond acceptors (Lipinski definition) is 7. The highest BCUT2D eigenvalue weighted by atomic mass is 16.5. The Morgan fingerprint density at radius 2 is 1.88 bits per heavy atom. The molecule has 8 heteroatoms. The normalized spacial score (nSPS) is 9.92. The van der Waals surface area contributed by atoms with Crippen LogP contribution in [0.3, 0.4) is 0 Å². The molecule has 0 saturated heterocycles. The van der Waals surface area contributed by atoms with Gasteiger partial charge >= 0.3 is 5.97 Å². The van der Waals surface area contributed by atoms with Crippen LogP contribution in [0.1, 0.15) is 0 Å². The summed E-state index contributed by atoms with van der Waals surface area (Å²) in [6.07, 6.45) is 3.15. The fourth-order valence-corrected chi connectivity index (χ4v) is 1.88. The SMILES string of the molecule is COc1ccccc1NC(=O)COC(=O)CN(C)c1ncccn1. The summed E-state index contributed by atoms with van der Waals surface area (Å²) in [4.78, 5) is 33.2. The third-order valence-electron chi connectivity index (χ3n) is 3.01. The number of carbonyl (C=O) groups excluding carboxylic acids is 2. The van der Waals surface area contributed by atoms with Gasteiger partial charge in [0.1, 0.15) is 12.3 Å². The van der Waals surface area contributed by atoms with E-state index in [4.69, 9.17) is 9.47 Å². The van der Waals surface area contributed by atoms with E-state index in [-0.39, 0.29) is 13.2 Å². The summed E-state index contributed by atoms with van der Waals surface area (Å²) in [6, 6.07) is 8.64. The number of likely N-dealkylation sites (N-methyl/N-ethyl adjacent to an activating group) is 1. The number of rotatable bonds is 7. The van der Waals surface area contributed by atoms with Crippen molar-refractivity contribution in [2.75, 3.05) is 37.5 Å². The predicted octanol–water partition coefficient (Wildman–Crippen LogP) is 1.10. The average molecular weight is 330 g/mol. The molecule has 0 spiro atoms. The van der Waals surface area contributed by atoms with Crippen molar-refractivity contribution in [3.63, 3.8) is 0 Å². The maximum atomic E-state index is 11.9. The van der Waals surface area contributed by atoms with Gasteiger partial charge < -0.3 is 19.7 Å². The lowest BCUT2D eigenvalue weighted by atomic mass is 10.3. The molecular weight excluding hydrogens is 312 g/mol. The van der Waals surface area contributed by atoms with Crippen LogP contribution >= 0.6 is 0 Å². The lowest BCUT2D eigenvalue weighted by Crippen LogP contribution is -2.30. The number of para-hydroxylation sites is 2. The predicted molar refractivity (Wildman–Crippen MR) is 87.9 cm³/mol. The number of aromatic nitrogens is 2. The highest BCUT2D eigenvalue weighted by molar-refractivity contribution is 5.94. The van der Waals surface area contributed by atoms with Crippen molar-refractivity contribution >= 4 is 23.5 Å². The first-order chi connectivity index (χ1) is 11.6. The van der Waals surface area contributed by atoms with Crippen molar-refractivity contribution in [3.8, 4) is 5.75 Å². The zero-order valence-corrected chi connectivity index (χ0v) is 13.4. The zero-order valence-electron chi connectivity index (χ0n) is 13.4. The number of carbonyl (C=O) groups is 2. The van der Waals surface area contributed by atoms with Gasteiger partial charge in [0.2, 0.25) is 5.95 Å². The van der Waals surface area contributed by atoms with Crippen LogP contribution in [0.15, 0.2) is 42.7 Å². The van der Waals surface area contributed by atoms with Gasteiger partial charge in [-0.3, -0.25) is 9.59 Å². The fraction of sp³-hybridized carbons (Fsp3) is 0.250. The molecule has 2 aromatic rings.